The summed E-state index contributed by atoms with van der Waals surface area (Å²) in [7, 11) is 1.28. The molecule has 150 valence electrons. The molecule has 1 aromatic heterocycles. The standard InChI is InChI=1S/C20H18ClFN4O3/c1-12-23-19(25-26(12)16-9-7-15(22)8-10-16)20(28)24-17(11-18(27)29-2)13-3-5-14(21)6-4-13/h3-10,17H,11H2,1-2H3,(H,24,28)/t17-/m0/s1. The number of aromatic nitrogens is 3. The molecule has 0 spiro atoms. The van der Waals surface area contributed by atoms with Crippen molar-refractivity contribution in [1.29, 1.82) is 0 Å². The number of esters is 1. The van der Waals surface area contributed by atoms with E-state index in [4.69, 9.17) is 16.3 Å². The predicted molar refractivity (Wildman–Crippen MR) is 104 cm³/mol. The molecule has 1 atom stereocenters. The normalized spacial score (nSPS) is 11.7. The monoisotopic (exact) mass is 416 g/mol. The van der Waals surface area contributed by atoms with E-state index < -0.39 is 17.9 Å². The molecule has 0 bridgehead atoms. The van der Waals surface area contributed by atoms with Gasteiger partial charge in [0, 0.05) is 5.02 Å². The fourth-order valence-electron chi connectivity index (χ4n) is 2.73. The van der Waals surface area contributed by atoms with Crippen LogP contribution in [0.5, 0.6) is 0 Å². The lowest BCUT2D eigenvalue weighted by atomic mass is 10.0. The van der Waals surface area contributed by atoms with Gasteiger partial charge < -0.3 is 10.1 Å². The van der Waals surface area contributed by atoms with Gasteiger partial charge in [0.05, 0.1) is 25.3 Å². The Morgan fingerprint density at radius 3 is 2.45 bits per heavy atom. The number of halogens is 2. The fraction of sp³-hybridized carbons (Fsp3) is 0.200. The zero-order valence-corrected chi connectivity index (χ0v) is 16.5. The van der Waals surface area contributed by atoms with Crippen molar-refractivity contribution in [2.24, 2.45) is 0 Å². The van der Waals surface area contributed by atoms with Crippen molar-refractivity contribution in [2.75, 3.05) is 7.11 Å². The minimum Gasteiger partial charge on any atom is -0.469 e. The van der Waals surface area contributed by atoms with Crippen LogP contribution in [0.25, 0.3) is 5.69 Å². The summed E-state index contributed by atoms with van der Waals surface area (Å²) in [5.74, 6) is -1.03. The van der Waals surface area contributed by atoms with Crippen LogP contribution < -0.4 is 5.32 Å². The average Bonchev–Trinajstić information content (AvgIpc) is 3.10. The predicted octanol–water partition coefficient (Wildman–Crippen LogP) is 3.40. The molecule has 0 unspecified atom stereocenters. The number of methoxy groups -OCH3 is 1. The zero-order valence-electron chi connectivity index (χ0n) is 15.7. The smallest absolute Gasteiger partial charge is 0.307 e. The fourth-order valence-corrected chi connectivity index (χ4v) is 2.86. The first kappa shape index (κ1) is 20.5. The molecule has 29 heavy (non-hydrogen) atoms. The summed E-state index contributed by atoms with van der Waals surface area (Å²) in [5, 5.41) is 7.49. The van der Waals surface area contributed by atoms with E-state index in [0.717, 1.165) is 0 Å². The summed E-state index contributed by atoms with van der Waals surface area (Å²) in [4.78, 5) is 28.7. The Hall–Kier alpha value is -3.26. The van der Waals surface area contributed by atoms with Crippen molar-refractivity contribution in [3.05, 3.63) is 76.6 Å². The van der Waals surface area contributed by atoms with E-state index >= 15 is 0 Å². The summed E-state index contributed by atoms with van der Waals surface area (Å²) in [5.41, 5.74) is 1.25. The first-order valence-electron chi connectivity index (χ1n) is 8.70. The highest BCUT2D eigenvalue weighted by Crippen LogP contribution is 2.20. The zero-order chi connectivity index (χ0) is 21.0. The molecular formula is C20H18ClFN4O3. The van der Waals surface area contributed by atoms with Crippen LogP contribution in [0, 0.1) is 12.7 Å². The van der Waals surface area contributed by atoms with Gasteiger partial charge in [-0.05, 0) is 48.9 Å². The lowest BCUT2D eigenvalue weighted by molar-refractivity contribution is -0.141. The van der Waals surface area contributed by atoms with E-state index in [9.17, 15) is 14.0 Å². The van der Waals surface area contributed by atoms with E-state index in [1.54, 1.807) is 31.2 Å². The molecule has 0 fully saturated rings. The summed E-state index contributed by atoms with van der Waals surface area (Å²) in [6, 6.07) is 11.8. The van der Waals surface area contributed by atoms with Crippen molar-refractivity contribution < 1.29 is 18.7 Å². The molecule has 1 N–H and O–H groups in total. The molecule has 9 heteroatoms. The average molecular weight is 417 g/mol. The maximum absolute atomic E-state index is 13.1. The van der Waals surface area contributed by atoms with Crippen molar-refractivity contribution >= 4 is 23.5 Å². The van der Waals surface area contributed by atoms with Gasteiger partial charge in [-0.25, -0.2) is 14.1 Å². The molecular weight excluding hydrogens is 399 g/mol. The minimum atomic E-state index is -0.648. The van der Waals surface area contributed by atoms with E-state index in [-0.39, 0.29) is 18.1 Å². The van der Waals surface area contributed by atoms with Crippen LogP contribution in [0.1, 0.15) is 34.5 Å². The van der Waals surface area contributed by atoms with Crippen LogP contribution >= 0.6 is 11.6 Å². The molecule has 3 aromatic rings. The second-order valence-electron chi connectivity index (χ2n) is 6.23. The van der Waals surface area contributed by atoms with Gasteiger partial charge >= 0.3 is 5.97 Å². The van der Waals surface area contributed by atoms with Gasteiger partial charge in [-0.3, -0.25) is 9.59 Å². The van der Waals surface area contributed by atoms with Crippen LogP contribution in [-0.2, 0) is 9.53 Å². The van der Waals surface area contributed by atoms with Crippen LogP contribution in [0.15, 0.2) is 48.5 Å². The Balaban J connectivity index is 1.84. The molecule has 1 amide bonds. The number of hydrogen-bond donors (Lipinski definition) is 1. The Labute approximate surface area is 171 Å². The van der Waals surface area contributed by atoms with Gasteiger partial charge in [0.15, 0.2) is 0 Å². The summed E-state index contributed by atoms with van der Waals surface area (Å²) in [6.07, 6.45) is -0.0679. The summed E-state index contributed by atoms with van der Waals surface area (Å²) < 4.78 is 19.3. The number of nitrogens with one attached hydrogen (secondary N) is 1. The number of aryl methyl sites for hydroxylation is 1. The number of carbonyl (C=O) groups excluding carboxylic acids is 2. The van der Waals surface area contributed by atoms with Gasteiger partial charge in [-0.15, -0.1) is 5.10 Å². The second-order valence-corrected chi connectivity index (χ2v) is 6.67. The number of hydrogen-bond acceptors (Lipinski definition) is 5. The van der Waals surface area contributed by atoms with Crippen molar-refractivity contribution in [2.45, 2.75) is 19.4 Å². The molecule has 0 saturated carbocycles. The second kappa shape index (κ2) is 8.83. The Morgan fingerprint density at radius 1 is 1.17 bits per heavy atom. The number of benzene rings is 2. The van der Waals surface area contributed by atoms with Gasteiger partial charge in [0.25, 0.3) is 5.91 Å². The SMILES string of the molecule is COC(=O)C[C@H](NC(=O)c1nc(C)n(-c2ccc(F)cc2)n1)c1ccc(Cl)cc1. The molecule has 0 aliphatic rings. The third kappa shape index (κ3) is 4.97. The Kier molecular flexibility index (Phi) is 6.23. The maximum atomic E-state index is 13.1. The number of nitrogens with zero attached hydrogens (tertiary/aromatic N) is 3. The number of ether oxygens (including phenoxy) is 1. The Morgan fingerprint density at radius 2 is 1.83 bits per heavy atom. The molecule has 2 aromatic carbocycles. The van der Waals surface area contributed by atoms with E-state index in [2.05, 4.69) is 15.4 Å². The van der Waals surface area contributed by atoms with Gasteiger partial charge in [-0.1, -0.05) is 23.7 Å². The van der Waals surface area contributed by atoms with Gasteiger partial charge in [0.2, 0.25) is 5.82 Å². The molecule has 7 nitrogen and oxygen atoms in total. The van der Waals surface area contributed by atoms with E-state index in [0.29, 0.717) is 22.1 Å². The highest BCUT2D eigenvalue weighted by Gasteiger charge is 2.23. The van der Waals surface area contributed by atoms with E-state index in [1.807, 2.05) is 0 Å². The van der Waals surface area contributed by atoms with Crippen molar-refractivity contribution in [3.8, 4) is 5.69 Å². The Bertz CT molecular complexity index is 1020. The summed E-state index contributed by atoms with van der Waals surface area (Å²) in [6.45, 7) is 1.68. The topological polar surface area (TPSA) is 86.1 Å². The van der Waals surface area contributed by atoms with Crippen LogP contribution in [0.3, 0.4) is 0 Å². The molecule has 0 saturated heterocycles. The van der Waals surface area contributed by atoms with Crippen molar-refractivity contribution in [3.63, 3.8) is 0 Å². The minimum absolute atomic E-state index is 0.0679. The molecule has 0 radical (unpaired) electrons. The van der Waals surface area contributed by atoms with Crippen LogP contribution in [0.2, 0.25) is 5.02 Å². The van der Waals surface area contributed by atoms with Crippen LogP contribution in [0.4, 0.5) is 4.39 Å². The van der Waals surface area contributed by atoms with Crippen LogP contribution in [-0.4, -0.2) is 33.8 Å². The summed E-state index contributed by atoms with van der Waals surface area (Å²) >= 11 is 5.91. The third-order valence-corrected chi connectivity index (χ3v) is 4.47. The molecule has 0 aliphatic carbocycles. The van der Waals surface area contributed by atoms with E-state index in [1.165, 1.54) is 36.1 Å². The largest absolute Gasteiger partial charge is 0.469 e. The first-order valence-corrected chi connectivity index (χ1v) is 9.08. The quantitative estimate of drug-likeness (QED) is 0.622. The highest BCUT2D eigenvalue weighted by molar-refractivity contribution is 6.30. The number of rotatable bonds is 6. The van der Waals surface area contributed by atoms with Gasteiger partial charge in [-0.2, -0.15) is 0 Å². The maximum Gasteiger partial charge on any atom is 0.307 e. The van der Waals surface area contributed by atoms with Gasteiger partial charge in [0.1, 0.15) is 11.6 Å². The lowest BCUT2D eigenvalue weighted by Crippen LogP contribution is -2.31. The lowest BCUT2D eigenvalue weighted by Gasteiger charge is -2.17. The number of amides is 1. The molecule has 0 aliphatic heterocycles. The third-order valence-electron chi connectivity index (χ3n) is 4.22. The first-order chi connectivity index (χ1) is 13.9. The number of carbonyl (C=O) groups is 2. The van der Waals surface area contributed by atoms with Crippen molar-refractivity contribution in [1.82, 2.24) is 20.1 Å². The highest BCUT2D eigenvalue weighted by atomic mass is 35.5. The molecule has 1 heterocycles. The molecule has 3 rings (SSSR count).